The second kappa shape index (κ2) is 6.56. The van der Waals surface area contributed by atoms with Crippen LogP contribution in [0.25, 0.3) is 5.70 Å². The van der Waals surface area contributed by atoms with Crippen molar-refractivity contribution in [2.75, 3.05) is 0 Å². The fourth-order valence-electron chi connectivity index (χ4n) is 2.28. The largest absolute Gasteiger partial charge is 0.393 e. The molecule has 1 aliphatic carbocycles. The van der Waals surface area contributed by atoms with Gasteiger partial charge in [0.1, 0.15) is 0 Å². The minimum Gasteiger partial charge on any atom is -0.393 e. The summed E-state index contributed by atoms with van der Waals surface area (Å²) in [4.78, 5) is 24.1. The lowest BCUT2D eigenvalue weighted by Crippen LogP contribution is -2.28. The van der Waals surface area contributed by atoms with Gasteiger partial charge in [-0.25, -0.2) is 23.9 Å². The summed E-state index contributed by atoms with van der Waals surface area (Å²) < 4.78 is 2.51. The molecule has 0 aliphatic heterocycles. The first kappa shape index (κ1) is 14.6. The van der Waals surface area contributed by atoms with Gasteiger partial charge in [0.15, 0.2) is 0 Å². The zero-order valence-electron chi connectivity index (χ0n) is 11.7. The van der Waals surface area contributed by atoms with Crippen LogP contribution in [0.15, 0.2) is 27.8 Å². The van der Waals surface area contributed by atoms with Crippen molar-refractivity contribution in [3.05, 3.63) is 39.2 Å². The second-order valence-corrected chi connectivity index (χ2v) is 5.14. The molecule has 0 bridgehead atoms. The van der Waals surface area contributed by atoms with Crippen LogP contribution < -0.4 is 11.4 Å². The Kier molecular flexibility index (Phi) is 4.79. The van der Waals surface area contributed by atoms with Crippen LogP contribution in [0.5, 0.6) is 0 Å². The first-order valence-corrected chi connectivity index (χ1v) is 7.06. The van der Waals surface area contributed by atoms with E-state index in [4.69, 9.17) is 0 Å². The highest BCUT2D eigenvalue weighted by molar-refractivity contribution is 5.57. The summed E-state index contributed by atoms with van der Waals surface area (Å²) in [6.07, 6.45) is 9.39. The van der Waals surface area contributed by atoms with Gasteiger partial charge in [0, 0.05) is 6.54 Å². The van der Waals surface area contributed by atoms with Crippen LogP contribution in [0.1, 0.15) is 39.0 Å². The topological polar surface area (TPSA) is 80.0 Å². The molecular weight excluding hydrogens is 258 g/mol. The quantitative estimate of drug-likeness (QED) is 0.765. The molecule has 2 N–H and O–H groups in total. The standard InChI is InChI=1S/C14H21N3O3/c1-11(18)7-5-6-10-16-14(20)17(13(19)15-16)12-8-3-2-4-9-12/h3,8-9,11,18H,2,4-7,10H2,1H3,(H,15,19)/t11-/m1/s1. The number of nitrogens with one attached hydrogen (secondary N) is 1. The molecule has 0 saturated carbocycles. The summed E-state index contributed by atoms with van der Waals surface area (Å²) in [5, 5.41) is 11.7. The Bertz CT molecular complexity index is 616. The van der Waals surface area contributed by atoms with Gasteiger partial charge in [-0.2, -0.15) is 0 Å². The zero-order chi connectivity index (χ0) is 14.5. The molecule has 1 heterocycles. The predicted octanol–water partition coefficient (Wildman–Crippen LogP) is 1.08. The molecule has 20 heavy (non-hydrogen) atoms. The van der Waals surface area contributed by atoms with E-state index in [2.05, 4.69) is 5.10 Å². The molecule has 110 valence electrons. The predicted molar refractivity (Wildman–Crippen MR) is 77.5 cm³/mol. The van der Waals surface area contributed by atoms with E-state index in [-0.39, 0.29) is 11.8 Å². The molecule has 1 aliphatic rings. The summed E-state index contributed by atoms with van der Waals surface area (Å²) in [6.45, 7) is 2.21. The normalized spacial score (nSPS) is 16.2. The fourth-order valence-corrected chi connectivity index (χ4v) is 2.28. The second-order valence-electron chi connectivity index (χ2n) is 5.14. The van der Waals surface area contributed by atoms with Gasteiger partial charge in [-0.05, 0) is 45.1 Å². The average Bonchev–Trinajstić information content (AvgIpc) is 2.70. The van der Waals surface area contributed by atoms with Crippen LogP contribution >= 0.6 is 0 Å². The smallest absolute Gasteiger partial charge is 0.351 e. The SMILES string of the molecule is C[C@@H](O)CCCCn1[nH]c(=O)n(C2=CCCC=C2)c1=O. The maximum atomic E-state index is 12.2. The number of allylic oxidation sites excluding steroid dienone is 4. The summed E-state index contributed by atoms with van der Waals surface area (Å²) in [5.74, 6) is 0. The lowest BCUT2D eigenvalue weighted by Gasteiger charge is -2.05. The van der Waals surface area contributed by atoms with Gasteiger partial charge in [-0.15, -0.1) is 0 Å². The van der Waals surface area contributed by atoms with E-state index < -0.39 is 5.69 Å². The van der Waals surface area contributed by atoms with Gasteiger partial charge in [0.05, 0.1) is 11.8 Å². The van der Waals surface area contributed by atoms with E-state index in [1.165, 1.54) is 9.25 Å². The summed E-state index contributed by atoms with van der Waals surface area (Å²) >= 11 is 0. The third kappa shape index (κ3) is 3.39. The molecule has 1 aromatic rings. The average molecular weight is 279 g/mol. The van der Waals surface area contributed by atoms with Crippen LogP contribution in [-0.4, -0.2) is 25.6 Å². The molecule has 2 rings (SSSR count). The minimum atomic E-state index is -0.400. The number of rotatable bonds is 6. The highest BCUT2D eigenvalue weighted by atomic mass is 16.3. The van der Waals surface area contributed by atoms with Crippen molar-refractivity contribution < 1.29 is 5.11 Å². The lowest BCUT2D eigenvalue weighted by atomic mass is 10.1. The Labute approximate surface area is 117 Å². The van der Waals surface area contributed by atoms with E-state index >= 15 is 0 Å². The van der Waals surface area contributed by atoms with E-state index in [0.29, 0.717) is 18.7 Å². The molecule has 0 radical (unpaired) electrons. The molecule has 0 fully saturated rings. The molecule has 1 atom stereocenters. The van der Waals surface area contributed by atoms with Gasteiger partial charge < -0.3 is 5.11 Å². The Hall–Kier alpha value is -1.82. The van der Waals surface area contributed by atoms with Crippen LogP contribution in [0.3, 0.4) is 0 Å². The number of aryl methyl sites for hydroxylation is 1. The molecule has 0 spiro atoms. The van der Waals surface area contributed by atoms with Crippen molar-refractivity contribution in [1.82, 2.24) is 14.3 Å². The fraction of sp³-hybridized carbons (Fsp3) is 0.571. The number of nitrogens with zero attached hydrogens (tertiary/aromatic N) is 2. The third-order valence-electron chi connectivity index (χ3n) is 3.34. The molecular formula is C14H21N3O3. The number of aromatic amines is 1. The Morgan fingerprint density at radius 3 is 2.80 bits per heavy atom. The van der Waals surface area contributed by atoms with Gasteiger partial charge in [0.2, 0.25) is 0 Å². The van der Waals surface area contributed by atoms with E-state index in [1.807, 2.05) is 12.2 Å². The monoisotopic (exact) mass is 279 g/mol. The Morgan fingerprint density at radius 1 is 1.35 bits per heavy atom. The maximum Gasteiger partial charge on any atom is 0.351 e. The number of aliphatic hydroxyl groups excluding tert-OH is 1. The number of H-pyrrole nitrogens is 1. The van der Waals surface area contributed by atoms with E-state index in [9.17, 15) is 14.7 Å². The molecule has 0 unspecified atom stereocenters. The summed E-state index contributed by atoms with van der Waals surface area (Å²) in [5.41, 5.74) is -0.0848. The first-order chi connectivity index (χ1) is 9.59. The minimum absolute atomic E-state index is 0.326. The number of aromatic nitrogens is 3. The third-order valence-corrected chi connectivity index (χ3v) is 3.34. The van der Waals surface area contributed by atoms with Crippen LogP contribution in [0, 0.1) is 0 Å². The molecule has 0 aromatic carbocycles. The number of aliphatic hydroxyl groups is 1. The van der Waals surface area contributed by atoms with Crippen molar-refractivity contribution in [1.29, 1.82) is 0 Å². The van der Waals surface area contributed by atoms with Gasteiger partial charge in [-0.3, -0.25) is 0 Å². The van der Waals surface area contributed by atoms with E-state index in [0.717, 1.165) is 25.7 Å². The van der Waals surface area contributed by atoms with Gasteiger partial charge >= 0.3 is 11.4 Å². The maximum absolute atomic E-state index is 12.2. The summed E-state index contributed by atoms with van der Waals surface area (Å²) in [6, 6.07) is 0. The lowest BCUT2D eigenvalue weighted by molar-refractivity contribution is 0.179. The molecule has 0 saturated heterocycles. The highest BCUT2D eigenvalue weighted by Crippen LogP contribution is 2.11. The van der Waals surface area contributed by atoms with Crippen molar-refractivity contribution in [3.8, 4) is 0 Å². The van der Waals surface area contributed by atoms with Crippen LogP contribution in [-0.2, 0) is 6.54 Å². The number of hydrogen-bond donors (Lipinski definition) is 2. The van der Waals surface area contributed by atoms with Crippen molar-refractivity contribution >= 4 is 5.70 Å². The molecule has 6 nitrogen and oxygen atoms in total. The van der Waals surface area contributed by atoms with E-state index in [1.54, 1.807) is 13.0 Å². The Morgan fingerprint density at radius 2 is 2.15 bits per heavy atom. The van der Waals surface area contributed by atoms with Crippen molar-refractivity contribution in [2.24, 2.45) is 0 Å². The number of unbranched alkanes of at least 4 members (excludes halogenated alkanes) is 1. The first-order valence-electron chi connectivity index (χ1n) is 7.06. The molecule has 1 aromatic heterocycles. The number of hydrogen-bond acceptors (Lipinski definition) is 3. The molecule has 6 heteroatoms. The van der Waals surface area contributed by atoms with Crippen molar-refractivity contribution in [2.45, 2.75) is 51.7 Å². The highest BCUT2D eigenvalue weighted by Gasteiger charge is 2.12. The van der Waals surface area contributed by atoms with Crippen LogP contribution in [0.2, 0.25) is 0 Å². The van der Waals surface area contributed by atoms with Crippen LogP contribution in [0.4, 0.5) is 0 Å². The zero-order valence-corrected chi connectivity index (χ0v) is 11.7. The van der Waals surface area contributed by atoms with Crippen molar-refractivity contribution in [3.63, 3.8) is 0 Å². The molecule has 0 amide bonds. The van der Waals surface area contributed by atoms with Gasteiger partial charge in [-0.1, -0.05) is 12.2 Å². The summed E-state index contributed by atoms with van der Waals surface area (Å²) in [7, 11) is 0. The Balaban J connectivity index is 2.09. The van der Waals surface area contributed by atoms with Gasteiger partial charge in [0.25, 0.3) is 0 Å².